The summed E-state index contributed by atoms with van der Waals surface area (Å²) in [4.78, 5) is 12.1. The monoisotopic (exact) mass is 297 g/mol. The third-order valence-corrected chi connectivity index (χ3v) is 3.79. The molecule has 1 fully saturated rings. The van der Waals surface area contributed by atoms with Crippen LogP contribution in [0.2, 0.25) is 5.02 Å². The molecule has 0 unspecified atom stereocenters. The van der Waals surface area contributed by atoms with Gasteiger partial charge in [0, 0.05) is 12.6 Å². The number of benzene rings is 1. The Labute approximate surface area is 124 Å². The highest BCUT2D eigenvalue weighted by Gasteiger charge is 2.18. The summed E-state index contributed by atoms with van der Waals surface area (Å²) in [6.45, 7) is 5.67. The maximum absolute atomic E-state index is 12.1. The zero-order valence-electron chi connectivity index (χ0n) is 11.8. The molecule has 0 bridgehead atoms. The molecule has 0 radical (unpaired) electrons. The SMILES string of the molecule is Cc1cccc(C(=O)N[C@H](C)CO[C@H]2CCOC2)c1Cl. The van der Waals surface area contributed by atoms with Gasteiger partial charge in [0.25, 0.3) is 5.91 Å². The zero-order valence-corrected chi connectivity index (χ0v) is 12.6. The number of aryl methyl sites for hydroxylation is 1. The number of hydrogen-bond donors (Lipinski definition) is 1. The summed E-state index contributed by atoms with van der Waals surface area (Å²) in [5.41, 5.74) is 1.40. The molecule has 1 saturated heterocycles. The van der Waals surface area contributed by atoms with Gasteiger partial charge in [-0.25, -0.2) is 0 Å². The third-order valence-electron chi connectivity index (χ3n) is 3.28. The van der Waals surface area contributed by atoms with Crippen LogP contribution in [-0.2, 0) is 9.47 Å². The second-order valence-corrected chi connectivity index (χ2v) is 5.51. The molecule has 5 heteroatoms. The van der Waals surface area contributed by atoms with E-state index >= 15 is 0 Å². The summed E-state index contributed by atoms with van der Waals surface area (Å²) in [7, 11) is 0. The number of carbonyl (C=O) groups is 1. The van der Waals surface area contributed by atoms with Gasteiger partial charge in [-0.3, -0.25) is 4.79 Å². The van der Waals surface area contributed by atoms with Crippen LogP contribution in [0.1, 0.15) is 29.3 Å². The van der Waals surface area contributed by atoms with Gasteiger partial charge in [-0.05, 0) is 31.9 Å². The van der Waals surface area contributed by atoms with Crippen molar-refractivity contribution in [1.82, 2.24) is 5.32 Å². The van der Waals surface area contributed by atoms with Gasteiger partial charge in [0.2, 0.25) is 0 Å². The summed E-state index contributed by atoms with van der Waals surface area (Å²) in [6.07, 6.45) is 1.07. The van der Waals surface area contributed by atoms with Gasteiger partial charge in [-0.15, -0.1) is 0 Å². The van der Waals surface area contributed by atoms with E-state index in [0.29, 0.717) is 23.8 Å². The minimum atomic E-state index is -0.169. The van der Waals surface area contributed by atoms with E-state index in [4.69, 9.17) is 21.1 Å². The molecule has 1 heterocycles. The van der Waals surface area contributed by atoms with Crippen molar-refractivity contribution >= 4 is 17.5 Å². The molecule has 1 aromatic rings. The maximum atomic E-state index is 12.1. The fraction of sp³-hybridized carbons (Fsp3) is 0.533. The van der Waals surface area contributed by atoms with Crippen LogP contribution in [-0.4, -0.2) is 37.9 Å². The molecule has 1 N–H and O–H groups in total. The van der Waals surface area contributed by atoms with Crippen LogP contribution in [0.15, 0.2) is 18.2 Å². The largest absolute Gasteiger partial charge is 0.379 e. The quantitative estimate of drug-likeness (QED) is 0.909. The predicted octanol–water partition coefficient (Wildman–Crippen LogP) is 2.57. The fourth-order valence-corrected chi connectivity index (χ4v) is 2.30. The van der Waals surface area contributed by atoms with E-state index in [9.17, 15) is 4.79 Å². The molecule has 1 aliphatic heterocycles. The minimum Gasteiger partial charge on any atom is -0.379 e. The van der Waals surface area contributed by atoms with Gasteiger partial charge in [-0.2, -0.15) is 0 Å². The van der Waals surface area contributed by atoms with Gasteiger partial charge in [-0.1, -0.05) is 23.7 Å². The molecule has 20 heavy (non-hydrogen) atoms. The Morgan fingerprint density at radius 2 is 2.40 bits per heavy atom. The standard InChI is InChI=1S/C15H20ClNO3/c1-10-4-3-5-13(14(10)16)15(18)17-11(2)8-20-12-6-7-19-9-12/h3-5,11-12H,6-9H2,1-2H3,(H,17,18)/t11-,12+/m1/s1. The Kier molecular flexibility index (Phi) is 5.40. The first kappa shape index (κ1) is 15.3. The number of ether oxygens (including phenoxy) is 2. The second-order valence-electron chi connectivity index (χ2n) is 5.13. The molecule has 110 valence electrons. The molecule has 4 nitrogen and oxygen atoms in total. The highest BCUT2D eigenvalue weighted by Crippen LogP contribution is 2.20. The number of amides is 1. The van der Waals surface area contributed by atoms with Gasteiger partial charge < -0.3 is 14.8 Å². The molecule has 0 spiro atoms. The Morgan fingerprint density at radius 3 is 3.10 bits per heavy atom. The first-order valence-corrected chi connectivity index (χ1v) is 7.21. The molecule has 0 saturated carbocycles. The van der Waals surface area contributed by atoms with Gasteiger partial charge in [0.05, 0.1) is 29.9 Å². The van der Waals surface area contributed by atoms with Gasteiger partial charge in [0.1, 0.15) is 0 Å². The van der Waals surface area contributed by atoms with Gasteiger partial charge in [0.15, 0.2) is 0 Å². The predicted molar refractivity (Wildman–Crippen MR) is 78.3 cm³/mol. The molecule has 1 aliphatic rings. The Bertz CT molecular complexity index is 472. The molecule has 2 atom stereocenters. The van der Waals surface area contributed by atoms with Crippen LogP contribution in [0.3, 0.4) is 0 Å². The van der Waals surface area contributed by atoms with E-state index in [0.717, 1.165) is 18.6 Å². The molecule has 1 aromatic carbocycles. The summed E-state index contributed by atoms with van der Waals surface area (Å²) in [5, 5.41) is 3.40. The van der Waals surface area contributed by atoms with Crippen molar-refractivity contribution in [2.24, 2.45) is 0 Å². The average Bonchev–Trinajstić information content (AvgIpc) is 2.92. The number of hydrogen-bond acceptors (Lipinski definition) is 3. The number of carbonyl (C=O) groups excluding carboxylic acids is 1. The average molecular weight is 298 g/mol. The van der Waals surface area contributed by atoms with E-state index < -0.39 is 0 Å². The first-order valence-electron chi connectivity index (χ1n) is 6.83. The minimum absolute atomic E-state index is 0.0697. The summed E-state index contributed by atoms with van der Waals surface area (Å²) < 4.78 is 10.9. The topological polar surface area (TPSA) is 47.6 Å². The van der Waals surface area contributed by atoms with Crippen molar-refractivity contribution in [3.05, 3.63) is 34.3 Å². The normalized spacial score (nSPS) is 19.9. The van der Waals surface area contributed by atoms with E-state index in [1.807, 2.05) is 26.0 Å². The summed E-state index contributed by atoms with van der Waals surface area (Å²) in [5.74, 6) is -0.169. The maximum Gasteiger partial charge on any atom is 0.253 e. The van der Waals surface area contributed by atoms with Crippen LogP contribution in [0.5, 0.6) is 0 Å². The lowest BCUT2D eigenvalue weighted by Gasteiger charge is -2.17. The summed E-state index contributed by atoms with van der Waals surface area (Å²) >= 11 is 6.14. The van der Waals surface area contributed by atoms with E-state index in [1.165, 1.54) is 0 Å². The van der Waals surface area contributed by atoms with Crippen molar-refractivity contribution in [2.45, 2.75) is 32.4 Å². The third kappa shape index (κ3) is 3.95. The van der Waals surface area contributed by atoms with Crippen LogP contribution in [0, 0.1) is 6.92 Å². The number of rotatable bonds is 5. The lowest BCUT2D eigenvalue weighted by Crippen LogP contribution is -2.37. The Morgan fingerprint density at radius 1 is 1.60 bits per heavy atom. The van der Waals surface area contributed by atoms with Crippen molar-refractivity contribution in [1.29, 1.82) is 0 Å². The van der Waals surface area contributed by atoms with E-state index in [-0.39, 0.29) is 18.1 Å². The molecular formula is C15H20ClNO3. The van der Waals surface area contributed by atoms with E-state index in [1.54, 1.807) is 6.07 Å². The molecule has 0 aromatic heterocycles. The molecule has 2 rings (SSSR count). The fourth-order valence-electron chi connectivity index (χ4n) is 2.09. The first-order chi connectivity index (χ1) is 9.58. The zero-order chi connectivity index (χ0) is 14.5. The Balaban J connectivity index is 1.85. The smallest absolute Gasteiger partial charge is 0.253 e. The highest BCUT2D eigenvalue weighted by molar-refractivity contribution is 6.34. The van der Waals surface area contributed by atoms with Crippen LogP contribution >= 0.6 is 11.6 Å². The van der Waals surface area contributed by atoms with Crippen molar-refractivity contribution in [2.75, 3.05) is 19.8 Å². The van der Waals surface area contributed by atoms with Crippen LogP contribution in [0.4, 0.5) is 0 Å². The second kappa shape index (κ2) is 7.07. The molecule has 0 aliphatic carbocycles. The van der Waals surface area contributed by atoms with Crippen molar-refractivity contribution in [3.63, 3.8) is 0 Å². The van der Waals surface area contributed by atoms with Crippen molar-refractivity contribution in [3.8, 4) is 0 Å². The molecular weight excluding hydrogens is 278 g/mol. The Hall–Kier alpha value is -1.10. The highest BCUT2D eigenvalue weighted by atomic mass is 35.5. The number of halogens is 1. The summed E-state index contributed by atoms with van der Waals surface area (Å²) in [6, 6.07) is 5.36. The number of nitrogens with one attached hydrogen (secondary N) is 1. The lowest BCUT2D eigenvalue weighted by atomic mass is 10.1. The lowest BCUT2D eigenvalue weighted by molar-refractivity contribution is 0.0318. The van der Waals surface area contributed by atoms with Crippen LogP contribution in [0.25, 0.3) is 0 Å². The van der Waals surface area contributed by atoms with Gasteiger partial charge >= 0.3 is 0 Å². The molecule has 1 amide bonds. The van der Waals surface area contributed by atoms with E-state index in [2.05, 4.69) is 5.32 Å². The van der Waals surface area contributed by atoms with Crippen LogP contribution < -0.4 is 5.32 Å². The van der Waals surface area contributed by atoms with Crippen molar-refractivity contribution < 1.29 is 14.3 Å².